The Balaban J connectivity index is 1.59. The van der Waals surface area contributed by atoms with E-state index in [1.165, 1.54) is 30.2 Å². The summed E-state index contributed by atoms with van der Waals surface area (Å²) in [4.78, 5) is 26.0. The van der Waals surface area contributed by atoms with Crippen LogP contribution in [0, 0.1) is 0 Å². The molecule has 35 heavy (non-hydrogen) atoms. The highest BCUT2D eigenvalue weighted by molar-refractivity contribution is 9.10. The maximum absolute atomic E-state index is 13.1. The number of carboxylic acid groups (broad SMARTS) is 1. The second-order valence-electron chi connectivity index (χ2n) is 7.27. The third-order valence-electron chi connectivity index (χ3n) is 5.01. The first-order chi connectivity index (χ1) is 16.8. The summed E-state index contributed by atoms with van der Waals surface area (Å²) in [6.45, 7) is 0.248. The van der Waals surface area contributed by atoms with Crippen molar-refractivity contribution in [3.63, 3.8) is 0 Å². The number of nitrogens with zero attached hydrogens (tertiary/aromatic N) is 1. The maximum Gasteiger partial charge on any atom is 0.270 e. The van der Waals surface area contributed by atoms with E-state index < -0.39 is 5.97 Å². The number of hydrogen-bond acceptors (Lipinski definition) is 7. The zero-order chi connectivity index (χ0) is 25.1. The predicted molar refractivity (Wildman–Crippen MR) is 143 cm³/mol. The number of benzene rings is 3. The van der Waals surface area contributed by atoms with Crippen LogP contribution in [-0.2, 0) is 11.4 Å². The van der Waals surface area contributed by atoms with Crippen molar-refractivity contribution in [1.29, 1.82) is 0 Å². The third-order valence-corrected chi connectivity index (χ3v) is 7.27. The van der Waals surface area contributed by atoms with Crippen molar-refractivity contribution >= 4 is 79.5 Å². The molecule has 0 spiro atoms. The Hall–Kier alpha value is -2.85. The first-order valence-corrected chi connectivity index (χ1v) is 12.5. The molecule has 4 rings (SSSR count). The normalized spacial score (nSPS) is 14.5. The second-order valence-corrected chi connectivity index (χ2v) is 10.2. The molecule has 1 amide bonds. The largest absolute Gasteiger partial charge is 0.545 e. The van der Waals surface area contributed by atoms with E-state index in [2.05, 4.69) is 15.9 Å². The number of carboxylic acids is 1. The lowest BCUT2D eigenvalue weighted by atomic mass is 10.1. The molecule has 10 heteroatoms. The fourth-order valence-electron chi connectivity index (χ4n) is 3.34. The van der Waals surface area contributed by atoms with E-state index >= 15 is 0 Å². The topological polar surface area (TPSA) is 78.9 Å². The number of carbonyl (C=O) groups is 2. The van der Waals surface area contributed by atoms with Gasteiger partial charge in [-0.15, -0.1) is 0 Å². The monoisotopic (exact) mass is 588 g/mol. The summed E-state index contributed by atoms with van der Waals surface area (Å²) in [6.07, 6.45) is 1.69. The lowest BCUT2D eigenvalue weighted by molar-refractivity contribution is -0.255. The van der Waals surface area contributed by atoms with Crippen LogP contribution in [0.2, 0.25) is 5.02 Å². The van der Waals surface area contributed by atoms with Crippen LogP contribution in [0.5, 0.6) is 11.5 Å². The number of thioether (sulfide) groups is 1. The van der Waals surface area contributed by atoms with Crippen LogP contribution >= 0.6 is 51.5 Å². The standard InChI is InChI=1S/C25H17BrClNO5S2/c1-32-20-10-14(9-18(26)22(20)33-13-16-5-2-3-8-19(16)27)11-21-23(29)28(25(34)35-21)17-7-4-6-15(12-17)24(30)31/h2-12H,13H2,1H3,(H,30,31)/p-1/b21-11-. The fourth-order valence-corrected chi connectivity index (χ4v) is 5.41. The molecule has 3 aromatic rings. The Morgan fingerprint density at radius 1 is 1.20 bits per heavy atom. The van der Waals surface area contributed by atoms with Gasteiger partial charge in [-0.3, -0.25) is 9.69 Å². The van der Waals surface area contributed by atoms with Crippen LogP contribution in [0.15, 0.2) is 70.0 Å². The van der Waals surface area contributed by atoms with Crippen molar-refractivity contribution < 1.29 is 24.2 Å². The zero-order valence-electron chi connectivity index (χ0n) is 18.1. The Bertz CT molecular complexity index is 1380. The van der Waals surface area contributed by atoms with E-state index in [1.807, 2.05) is 18.2 Å². The van der Waals surface area contributed by atoms with Gasteiger partial charge in [-0.1, -0.05) is 65.9 Å². The maximum atomic E-state index is 13.1. The Labute approximate surface area is 224 Å². The average Bonchev–Trinajstić information content (AvgIpc) is 3.11. The fraction of sp³-hybridized carbons (Fsp3) is 0.0800. The zero-order valence-corrected chi connectivity index (χ0v) is 22.1. The van der Waals surface area contributed by atoms with Crippen molar-refractivity contribution in [2.45, 2.75) is 6.61 Å². The minimum Gasteiger partial charge on any atom is -0.545 e. The lowest BCUT2D eigenvalue weighted by Crippen LogP contribution is -2.28. The molecular weight excluding hydrogens is 574 g/mol. The summed E-state index contributed by atoms with van der Waals surface area (Å²) in [7, 11) is 1.53. The summed E-state index contributed by atoms with van der Waals surface area (Å²) in [5.74, 6) is -0.725. The highest BCUT2D eigenvalue weighted by Gasteiger charge is 2.33. The van der Waals surface area contributed by atoms with Crippen LogP contribution in [-0.4, -0.2) is 23.3 Å². The molecule has 6 nitrogen and oxygen atoms in total. The SMILES string of the molecule is COc1cc(/C=C2\SC(=S)N(c3cccc(C(=O)[O-])c3)C2=O)cc(Br)c1OCc1ccccc1Cl. The average molecular weight is 590 g/mol. The smallest absolute Gasteiger partial charge is 0.270 e. The van der Waals surface area contributed by atoms with Gasteiger partial charge in [-0.2, -0.15) is 0 Å². The number of anilines is 1. The van der Waals surface area contributed by atoms with E-state index in [0.29, 0.717) is 41.5 Å². The molecule has 178 valence electrons. The number of methoxy groups -OCH3 is 1. The first-order valence-electron chi connectivity index (χ1n) is 10.1. The number of amides is 1. The van der Waals surface area contributed by atoms with Gasteiger partial charge in [0.1, 0.15) is 6.61 Å². The van der Waals surface area contributed by atoms with Crippen LogP contribution < -0.4 is 19.5 Å². The number of ether oxygens (including phenoxy) is 2. The third kappa shape index (κ3) is 5.54. The van der Waals surface area contributed by atoms with Gasteiger partial charge in [0, 0.05) is 10.6 Å². The van der Waals surface area contributed by atoms with Crippen LogP contribution in [0.1, 0.15) is 21.5 Å². The van der Waals surface area contributed by atoms with Crippen LogP contribution in [0.25, 0.3) is 6.08 Å². The second kappa shape index (κ2) is 10.8. The minimum absolute atomic E-state index is 0.0402. The van der Waals surface area contributed by atoms with Gasteiger partial charge in [0.05, 0.1) is 28.1 Å². The van der Waals surface area contributed by atoms with Gasteiger partial charge in [-0.05, 0) is 63.5 Å². The number of thiocarbonyl (C=S) groups is 1. The van der Waals surface area contributed by atoms with Crippen LogP contribution in [0.4, 0.5) is 5.69 Å². The molecule has 0 N–H and O–H groups in total. The van der Waals surface area contributed by atoms with Crippen molar-refractivity contribution in [2.24, 2.45) is 0 Å². The molecule has 3 aromatic carbocycles. The minimum atomic E-state index is -1.33. The molecule has 0 aliphatic carbocycles. The van der Waals surface area contributed by atoms with E-state index in [0.717, 1.165) is 17.3 Å². The molecule has 0 bridgehead atoms. The van der Waals surface area contributed by atoms with E-state index in [1.54, 1.807) is 30.3 Å². The molecule has 1 saturated heterocycles. The quantitative estimate of drug-likeness (QED) is 0.268. The molecule has 0 atom stereocenters. The van der Waals surface area contributed by atoms with Gasteiger partial charge in [0.25, 0.3) is 5.91 Å². The first kappa shape index (κ1) is 25.2. The highest BCUT2D eigenvalue weighted by Crippen LogP contribution is 2.40. The highest BCUT2D eigenvalue weighted by atomic mass is 79.9. The molecule has 0 saturated carbocycles. The Morgan fingerprint density at radius 2 is 1.97 bits per heavy atom. The summed E-state index contributed by atoms with van der Waals surface area (Å²) in [5.41, 5.74) is 1.84. The molecule has 1 aliphatic rings. The number of halogens is 2. The van der Waals surface area contributed by atoms with E-state index in [9.17, 15) is 14.7 Å². The molecule has 1 aliphatic heterocycles. The number of aromatic carboxylic acids is 1. The molecule has 0 radical (unpaired) electrons. The number of rotatable bonds is 7. The van der Waals surface area contributed by atoms with Gasteiger partial charge in [0.2, 0.25) is 0 Å². The van der Waals surface area contributed by atoms with Crippen molar-refractivity contribution in [1.82, 2.24) is 0 Å². The van der Waals surface area contributed by atoms with Crippen molar-refractivity contribution in [2.75, 3.05) is 12.0 Å². The van der Waals surface area contributed by atoms with Crippen LogP contribution in [0.3, 0.4) is 0 Å². The summed E-state index contributed by atoms with van der Waals surface area (Å²) >= 11 is 16.2. The lowest BCUT2D eigenvalue weighted by Gasteiger charge is -2.16. The van der Waals surface area contributed by atoms with Gasteiger partial charge >= 0.3 is 0 Å². The van der Waals surface area contributed by atoms with Crippen molar-refractivity contribution in [3.8, 4) is 11.5 Å². The van der Waals surface area contributed by atoms with Gasteiger partial charge in [0.15, 0.2) is 15.8 Å². The molecule has 0 unspecified atom stereocenters. The van der Waals surface area contributed by atoms with E-state index in [4.69, 9.17) is 33.3 Å². The molecule has 0 aromatic heterocycles. The van der Waals surface area contributed by atoms with Crippen molar-refractivity contribution in [3.05, 3.63) is 91.8 Å². The Kier molecular flexibility index (Phi) is 7.81. The molecule has 1 heterocycles. The number of carbonyl (C=O) groups excluding carboxylic acids is 2. The van der Waals surface area contributed by atoms with E-state index in [-0.39, 0.29) is 18.1 Å². The summed E-state index contributed by atoms with van der Waals surface area (Å²) < 4.78 is 12.4. The molecular formula is C25H16BrClNO5S2-. The predicted octanol–water partition coefficient (Wildman–Crippen LogP) is 5.46. The Morgan fingerprint density at radius 3 is 2.69 bits per heavy atom. The van der Waals surface area contributed by atoms with Gasteiger partial charge in [-0.25, -0.2) is 0 Å². The number of hydrogen-bond donors (Lipinski definition) is 0. The summed E-state index contributed by atoms with van der Waals surface area (Å²) in [5, 5.41) is 11.8. The molecule has 1 fully saturated rings. The van der Waals surface area contributed by atoms with Gasteiger partial charge < -0.3 is 19.4 Å². The summed E-state index contributed by atoms with van der Waals surface area (Å²) in [6, 6.07) is 16.8.